The molecule has 0 saturated carbocycles. The molecule has 0 heterocycles. The van der Waals surface area contributed by atoms with E-state index >= 15 is 0 Å². The Hall–Kier alpha value is -0.0800. The predicted molar refractivity (Wildman–Crippen MR) is 81.8 cm³/mol. The molecule has 0 aromatic heterocycles. The molecule has 0 radical (unpaired) electrons. The fraction of sp³-hybridized carbons (Fsp3) is 0.231. The van der Waals surface area contributed by atoms with Gasteiger partial charge in [-0.1, -0.05) is 70.7 Å². The van der Waals surface area contributed by atoms with Crippen LogP contribution in [0.1, 0.15) is 19.4 Å². The quantitative estimate of drug-likeness (QED) is 0.652. The first-order valence-corrected chi connectivity index (χ1v) is 7.19. The molecule has 0 bridgehead atoms. The maximum absolute atomic E-state index is 5.87. The fourth-order valence-corrected chi connectivity index (χ4v) is 2.43. The van der Waals surface area contributed by atoms with E-state index in [9.17, 15) is 0 Å². The summed E-state index contributed by atoms with van der Waals surface area (Å²) < 4.78 is 0.565. The number of hydrogen-bond donors (Lipinski definition) is 0. The molecule has 0 aliphatic rings. The Morgan fingerprint density at radius 1 is 1.06 bits per heavy atom. The first-order valence-electron chi connectivity index (χ1n) is 5.07. The third-order valence-corrected chi connectivity index (χ3v) is 4.76. The highest BCUT2D eigenvalue weighted by Crippen LogP contribution is 2.31. The molecule has 0 nitrogen and oxygen atoms in total. The van der Waals surface area contributed by atoms with Gasteiger partial charge >= 0.3 is 0 Å². The van der Waals surface area contributed by atoms with Gasteiger partial charge in [-0.15, -0.1) is 11.8 Å². The van der Waals surface area contributed by atoms with Gasteiger partial charge in [-0.3, -0.25) is 0 Å². The molecule has 0 N–H and O–H groups in total. The van der Waals surface area contributed by atoms with Crippen LogP contribution in [-0.2, 0) is 0 Å². The van der Waals surface area contributed by atoms with Crippen LogP contribution in [-0.4, -0.2) is 5.75 Å². The molecule has 0 spiro atoms. The standard InChI is InChI=1S/C13H13Cl3S/c1-9(8-17-13(16)12(14)15)10(2)11-6-4-3-5-7-11/h3-7H,8H2,1-2H3/b10-9+. The van der Waals surface area contributed by atoms with Crippen LogP contribution in [0.3, 0.4) is 0 Å². The summed E-state index contributed by atoms with van der Waals surface area (Å²) in [6.45, 7) is 4.19. The summed E-state index contributed by atoms with van der Waals surface area (Å²) in [5.41, 5.74) is 3.74. The van der Waals surface area contributed by atoms with Crippen LogP contribution < -0.4 is 0 Å². The number of halogens is 3. The molecular formula is C13H13Cl3S. The lowest BCUT2D eigenvalue weighted by Gasteiger charge is -2.07. The normalized spacial score (nSPS) is 12.1. The Balaban J connectivity index is 2.75. The lowest BCUT2D eigenvalue weighted by molar-refractivity contribution is 1.38. The van der Waals surface area contributed by atoms with Crippen molar-refractivity contribution < 1.29 is 0 Å². The monoisotopic (exact) mass is 306 g/mol. The molecule has 1 rings (SSSR count). The minimum absolute atomic E-state index is 0.127. The zero-order valence-electron chi connectivity index (χ0n) is 9.64. The molecule has 92 valence electrons. The molecular weight excluding hydrogens is 295 g/mol. The van der Waals surface area contributed by atoms with E-state index in [2.05, 4.69) is 26.0 Å². The van der Waals surface area contributed by atoms with Crippen LogP contribution in [0.4, 0.5) is 0 Å². The molecule has 4 heteroatoms. The highest BCUT2D eigenvalue weighted by atomic mass is 35.5. The van der Waals surface area contributed by atoms with Crippen molar-refractivity contribution in [1.29, 1.82) is 0 Å². The van der Waals surface area contributed by atoms with Gasteiger partial charge in [0.25, 0.3) is 0 Å². The first-order chi connectivity index (χ1) is 8.02. The van der Waals surface area contributed by atoms with Crippen molar-refractivity contribution in [2.24, 2.45) is 0 Å². The zero-order valence-corrected chi connectivity index (χ0v) is 12.7. The van der Waals surface area contributed by atoms with Gasteiger partial charge < -0.3 is 0 Å². The minimum atomic E-state index is 0.127. The molecule has 17 heavy (non-hydrogen) atoms. The largest absolute Gasteiger partial charge is 0.131 e. The number of benzene rings is 1. The van der Waals surface area contributed by atoms with Crippen molar-refractivity contribution >= 4 is 52.1 Å². The van der Waals surface area contributed by atoms with Crippen LogP contribution in [0.5, 0.6) is 0 Å². The molecule has 0 fully saturated rings. The number of thioether (sulfide) groups is 1. The summed E-state index contributed by atoms with van der Waals surface area (Å²) in [5.74, 6) is 0.780. The third kappa shape index (κ3) is 4.97. The zero-order chi connectivity index (χ0) is 12.8. The molecule has 1 aromatic rings. The maximum Gasteiger partial charge on any atom is 0.131 e. The molecule has 0 atom stereocenters. The Morgan fingerprint density at radius 2 is 1.65 bits per heavy atom. The van der Waals surface area contributed by atoms with E-state index in [1.807, 2.05) is 18.2 Å². The third-order valence-electron chi connectivity index (χ3n) is 2.41. The number of hydrogen-bond acceptors (Lipinski definition) is 1. The van der Waals surface area contributed by atoms with Crippen molar-refractivity contribution in [2.45, 2.75) is 13.8 Å². The van der Waals surface area contributed by atoms with E-state index < -0.39 is 0 Å². The van der Waals surface area contributed by atoms with E-state index in [1.54, 1.807) is 0 Å². The van der Waals surface area contributed by atoms with E-state index in [0.29, 0.717) is 4.36 Å². The molecule has 1 aromatic carbocycles. The van der Waals surface area contributed by atoms with Gasteiger partial charge in [0.05, 0.1) is 0 Å². The molecule has 0 unspecified atom stereocenters. The van der Waals surface area contributed by atoms with Crippen molar-refractivity contribution in [3.63, 3.8) is 0 Å². The second-order valence-electron chi connectivity index (χ2n) is 3.59. The van der Waals surface area contributed by atoms with Crippen LogP contribution >= 0.6 is 46.6 Å². The maximum atomic E-state index is 5.87. The van der Waals surface area contributed by atoms with Gasteiger partial charge in [0.15, 0.2) is 0 Å². The van der Waals surface area contributed by atoms with E-state index in [4.69, 9.17) is 34.8 Å². The van der Waals surface area contributed by atoms with Crippen molar-refractivity contribution in [3.05, 3.63) is 50.3 Å². The van der Waals surface area contributed by atoms with Gasteiger partial charge in [-0.2, -0.15) is 0 Å². The number of allylic oxidation sites excluding steroid dienone is 1. The predicted octanol–water partition coefficient (Wildman–Crippen LogP) is 6.06. The summed E-state index contributed by atoms with van der Waals surface area (Å²) >= 11 is 18.5. The summed E-state index contributed by atoms with van der Waals surface area (Å²) in [5, 5.41) is 0. The highest BCUT2D eigenvalue weighted by molar-refractivity contribution is 8.04. The Bertz CT molecular complexity index is 431. The average molecular weight is 308 g/mol. The van der Waals surface area contributed by atoms with Gasteiger partial charge in [0, 0.05) is 5.75 Å². The van der Waals surface area contributed by atoms with Gasteiger partial charge in [0.1, 0.15) is 8.86 Å². The average Bonchev–Trinajstić information content (AvgIpc) is 2.35. The van der Waals surface area contributed by atoms with Gasteiger partial charge in [0.2, 0.25) is 0 Å². The second kappa shape index (κ2) is 7.38. The second-order valence-corrected chi connectivity index (χ2v) is 6.13. The van der Waals surface area contributed by atoms with Crippen LogP contribution in [0, 0.1) is 0 Å². The lowest BCUT2D eigenvalue weighted by Crippen LogP contribution is -1.88. The minimum Gasteiger partial charge on any atom is -0.107 e. The highest BCUT2D eigenvalue weighted by Gasteiger charge is 2.04. The van der Waals surface area contributed by atoms with E-state index in [-0.39, 0.29) is 4.49 Å². The fourth-order valence-electron chi connectivity index (χ4n) is 1.27. The van der Waals surface area contributed by atoms with Crippen molar-refractivity contribution in [2.75, 3.05) is 5.75 Å². The number of rotatable bonds is 4. The topological polar surface area (TPSA) is 0 Å². The van der Waals surface area contributed by atoms with Crippen LogP contribution in [0.2, 0.25) is 0 Å². The molecule has 0 amide bonds. The van der Waals surface area contributed by atoms with E-state index in [0.717, 1.165) is 5.75 Å². The molecule has 0 saturated heterocycles. The Morgan fingerprint density at radius 3 is 2.18 bits per heavy atom. The van der Waals surface area contributed by atoms with Crippen molar-refractivity contribution in [3.8, 4) is 0 Å². The summed E-state index contributed by atoms with van der Waals surface area (Å²) in [7, 11) is 0. The summed E-state index contributed by atoms with van der Waals surface area (Å²) in [4.78, 5) is 0. The molecule has 0 aliphatic carbocycles. The van der Waals surface area contributed by atoms with E-state index in [1.165, 1.54) is 28.5 Å². The van der Waals surface area contributed by atoms with Crippen LogP contribution in [0.15, 0.2) is 44.8 Å². The summed E-state index contributed by atoms with van der Waals surface area (Å²) in [6, 6.07) is 10.3. The first kappa shape index (κ1) is 15.0. The van der Waals surface area contributed by atoms with Gasteiger partial charge in [-0.05, 0) is 25.0 Å². The Labute approximate surface area is 122 Å². The molecule has 0 aliphatic heterocycles. The SMILES string of the molecule is C/C(CSC(Cl)=C(Cl)Cl)=C(/C)c1ccccc1. The Kier molecular flexibility index (Phi) is 6.50. The lowest BCUT2D eigenvalue weighted by atomic mass is 10.0. The van der Waals surface area contributed by atoms with Crippen molar-refractivity contribution in [1.82, 2.24) is 0 Å². The summed E-state index contributed by atoms with van der Waals surface area (Å²) in [6.07, 6.45) is 0. The van der Waals surface area contributed by atoms with Gasteiger partial charge in [-0.25, -0.2) is 0 Å². The smallest absolute Gasteiger partial charge is 0.107 e. The van der Waals surface area contributed by atoms with Crippen LogP contribution in [0.25, 0.3) is 5.57 Å².